The third kappa shape index (κ3) is 4.50. The van der Waals surface area contributed by atoms with E-state index in [0.29, 0.717) is 11.3 Å². The van der Waals surface area contributed by atoms with Gasteiger partial charge in [0.1, 0.15) is 17.2 Å². The first kappa shape index (κ1) is 20.1. The summed E-state index contributed by atoms with van der Waals surface area (Å²) in [4.78, 5) is 15.4. The number of hydrogen-bond donors (Lipinski definition) is 2. The van der Waals surface area contributed by atoms with Crippen molar-refractivity contribution in [2.45, 2.75) is 38.8 Å². The molecule has 0 saturated heterocycles. The molecule has 1 aromatic carbocycles. The summed E-state index contributed by atoms with van der Waals surface area (Å²) in [6.07, 6.45) is 0.234. The number of carbonyl (C=O) groups excluding carboxylic acids is 1. The number of carbonyl (C=O) groups is 1. The highest BCUT2D eigenvalue weighted by Crippen LogP contribution is 2.43. The summed E-state index contributed by atoms with van der Waals surface area (Å²) in [5, 5.41) is 0. The van der Waals surface area contributed by atoms with Crippen molar-refractivity contribution in [1.29, 1.82) is 0 Å². The zero-order valence-corrected chi connectivity index (χ0v) is 15.7. The molecule has 144 valence electrons. The van der Waals surface area contributed by atoms with E-state index in [1.807, 2.05) is 0 Å². The van der Waals surface area contributed by atoms with Gasteiger partial charge in [0.05, 0.1) is 18.3 Å². The molecule has 0 aromatic heterocycles. The predicted octanol–water partition coefficient (Wildman–Crippen LogP) is 0.880. The molecule has 1 aliphatic heterocycles. The van der Waals surface area contributed by atoms with Crippen LogP contribution in [0.15, 0.2) is 23.2 Å². The monoisotopic (exact) mass is 386 g/mol. The topological polar surface area (TPSA) is 128 Å². The lowest BCUT2D eigenvalue weighted by atomic mass is 9.89. The fourth-order valence-corrected chi connectivity index (χ4v) is 4.14. The molecule has 4 N–H and O–H groups in total. The Morgan fingerprint density at radius 3 is 2.65 bits per heavy atom. The molecule has 1 amide bonds. The van der Waals surface area contributed by atoms with Crippen LogP contribution < -0.4 is 16.2 Å². The van der Waals surface area contributed by atoms with Crippen molar-refractivity contribution in [2.75, 3.05) is 12.3 Å². The summed E-state index contributed by atoms with van der Waals surface area (Å²) in [5.41, 5.74) is 10.0. The molecule has 1 atom stereocenters. The molecular weight excluding hydrogens is 363 g/mol. The fraction of sp³-hybridized carbons (Fsp3) is 0.500. The number of benzene rings is 1. The quantitative estimate of drug-likeness (QED) is 0.571. The van der Waals surface area contributed by atoms with Crippen LogP contribution >= 0.6 is 0 Å². The molecule has 26 heavy (non-hydrogen) atoms. The molecule has 0 saturated carbocycles. The van der Waals surface area contributed by atoms with E-state index >= 15 is 0 Å². The van der Waals surface area contributed by atoms with Crippen molar-refractivity contribution in [2.24, 2.45) is 16.5 Å². The second-order valence-corrected chi connectivity index (χ2v) is 8.85. The first-order valence-electron chi connectivity index (χ1n) is 8.05. The SMILES string of the molecule is CCS(=O)(=O)N(CC(=O)N=C(N)N)C1CC(C)(C)Oc2ccc(F)cc21. The Labute approximate surface area is 152 Å². The number of halogens is 1. The number of amides is 1. The van der Waals surface area contributed by atoms with E-state index in [1.54, 1.807) is 13.8 Å². The van der Waals surface area contributed by atoms with Gasteiger partial charge in [-0.1, -0.05) is 0 Å². The summed E-state index contributed by atoms with van der Waals surface area (Å²) in [6.45, 7) is 4.50. The minimum atomic E-state index is -3.81. The van der Waals surface area contributed by atoms with Crippen LogP contribution in [-0.2, 0) is 14.8 Å². The fourth-order valence-electron chi connectivity index (χ4n) is 2.93. The molecule has 0 radical (unpaired) electrons. The molecule has 0 aliphatic carbocycles. The smallest absolute Gasteiger partial charge is 0.264 e. The van der Waals surface area contributed by atoms with E-state index in [2.05, 4.69) is 4.99 Å². The minimum Gasteiger partial charge on any atom is -0.487 e. The molecule has 1 heterocycles. The largest absolute Gasteiger partial charge is 0.487 e. The lowest BCUT2D eigenvalue weighted by Crippen LogP contribution is -2.46. The summed E-state index contributed by atoms with van der Waals surface area (Å²) in [7, 11) is -3.81. The number of hydrogen-bond acceptors (Lipinski definition) is 4. The van der Waals surface area contributed by atoms with Crippen molar-refractivity contribution in [3.05, 3.63) is 29.6 Å². The van der Waals surface area contributed by atoms with Gasteiger partial charge in [0.25, 0.3) is 5.91 Å². The number of ether oxygens (including phenoxy) is 1. The van der Waals surface area contributed by atoms with E-state index in [4.69, 9.17) is 16.2 Å². The standard InChI is InChI=1S/C16H23FN4O4S/c1-4-26(23,24)21(9-14(22)20-15(18)19)12-8-16(2,3)25-13-6-5-10(17)7-11(12)13/h5-7,12H,4,8-9H2,1-3H3,(H4,18,19,20,22). The lowest BCUT2D eigenvalue weighted by Gasteiger charge is -2.41. The third-order valence-electron chi connectivity index (χ3n) is 4.02. The van der Waals surface area contributed by atoms with Crippen LogP contribution in [0.3, 0.4) is 0 Å². The first-order valence-corrected chi connectivity index (χ1v) is 9.66. The van der Waals surface area contributed by atoms with Crippen LogP contribution in [0, 0.1) is 5.82 Å². The summed E-state index contributed by atoms with van der Waals surface area (Å²) < 4.78 is 45.9. The van der Waals surface area contributed by atoms with E-state index in [1.165, 1.54) is 25.1 Å². The number of fused-ring (bicyclic) bond motifs is 1. The van der Waals surface area contributed by atoms with Gasteiger partial charge in [-0.2, -0.15) is 9.30 Å². The molecule has 1 unspecified atom stereocenters. The van der Waals surface area contributed by atoms with Gasteiger partial charge < -0.3 is 16.2 Å². The van der Waals surface area contributed by atoms with Gasteiger partial charge in [-0.05, 0) is 39.0 Å². The van der Waals surface area contributed by atoms with Crippen molar-refractivity contribution in [3.8, 4) is 5.75 Å². The van der Waals surface area contributed by atoms with Gasteiger partial charge in [-0.25, -0.2) is 12.8 Å². The highest BCUT2D eigenvalue weighted by molar-refractivity contribution is 7.89. The average Bonchev–Trinajstić information content (AvgIpc) is 2.51. The van der Waals surface area contributed by atoms with E-state index < -0.39 is 45.9 Å². The Morgan fingerprint density at radius 1 is 1.42 bits per heavy atom. The van der Waals surface area contributed by atoms with Gasteiger partial charge in [-0.3, -0.25) is 4.79 Å². The van der Waals surface area contributed by atoms with Crippen molar-refractivity contribution >= 4 is 21.9 Å². The van der Waals surface area contributed by atoms with Crippen LogP contribution in [0.4, 0.5) is 4.39 Å². The third-order valence-corrected chi connectivity index (χ3v) is 5.84. The maximum absolute atomic E-state index is 13.8. The number of nitrogens with two attached hydrogens (primary N) is 2. The molecule has 2 rings (SSSR count). The number of aliphatic imine (C=N–C) groups is 1. The average molecular weight is 386 g/mol. The van der Waals surface area contributed by atoms with Gasteiger partial charge in [-0.15, -0.1) is 0 Å². The summed E-state index contributed by atoms with van der Waals surface area (Å²) in [5.74, 6) is -1.64. The van der Waals surface area contributed by atoms with Gasteiger partial charge in [0, 0.05) is 12.0 Å². The van der Waals surface area contributed by atoms with Gasteiger partial charge in [0.2, 0.25) is 10.0 Å². The number of rotatable bonds is 5. The maximum Gasteiger partial charge on any atom is 0.264 e. The minimum absolute atomic E-state index is 0.232. The zero-order chi connectivity index (χ0) is 19.7. The van der Waals surface area contributed by atoms with E-state index in [9.17, 15) is 17.6 Å². The maximum atomic E-state index is 13.8. The molecule has 10 heteroatoms. The van der Waals surface area contributed by atoms with E-state index in [-0.39, 0.29) is 12.2 Å². The van der Waals surface area contributed by atoms with Crippen LogP contribution in [0.5, 0.6) is 5.75 Å². The predicted molar refractivity (Wildman–Crippen MR) is 95.4 cm³/mol. The van der Waals surface area contributed by atoms with Gasteiger partial charge >= 0.3 is 0 Å². The molecular formula is C16H23FN4O4S. The number of sulfonamides is 1. The first-order chi connectivity index (χ1) is 11.9. The molecule has 0 spiro atoms. The van der Waals surface area contributed by atoms with Crippen LogP contribution in [-0.4, -0.2) is 42.5 Å². The van der Waals surface area contributed by atoms with E-state index in [0.717, 1.165) is 4.31 Å². The molecule has 0 fully saturated rings. The second kappa shape index (κ2) is 7.20. The van der Waals surface area contributed by atoms with Crippen molar-refractivity contribution in [1.82, 2.24) is 4.31 Å². The normalized spacial score (nSPS) is 18.7. The summed E-state index contributed by atoms with van der Waals surface area (Å²) in [6, 6.07) is 3.12. The Balaban J connectivity index is 2.55. The van der Waals surface area contributed by atoms with Crippen LogP contribution in [0.2, 0.25) is 0 Å². The number of guanidine groups is 1. The van der Waals surface area contributed by atoms with Crippen molar-refractivity contribution < 1.29 is 22.3 Å². The second-order valence-electron chi connectivity index (χ2n) is 6.64. The Hall–Kier alpha value is -2.20. The lowest BCUT2D eigenvalue weighted by molar-refractivity contribution is -0.118. The molecule has 0 bridgehead atoms. The summed E-state index contributed by atoms with van der Waals surface area (Å²) >= 11 is 0. The number of nitrogens with zero attached hydrogens (tertiary/aromatic N) is 2. The molecule has 1 aromatic rings. The molecule has 8 nitrogen and oxygen atoms in total. The van der Waals surface area contributed by atoms with Crippen LogP contribution in [0.1, 0.15) is 38.8 Å². The Morgan fingerprint density at radius 2 is 2.08 bits per heavy atom. The Bertz CT molecular complexity index is 835. The highest BCUT2D eigenvalue weighted by Gasteiger charge is 2.41. The Kier molecular flexibility index (Phi) is 5.57. The van der Waals surface area contributed by atoms with Gasteiger partial charge in [0.15, 0.2) is 5.96 Å². The zero-order valence-electron chi connectivity index (χ0n) is 14.9. The van der Waals surface area contributed by atoms with Crippen LogP contribution in [0.25, 0.3) is 0 Å². The molecule has 1 aliphatic rings. The highest BCUT2D eigenvalue weighted by atomic mass is 32.2. The van der Waals surface area contributed by atoms with Crippen molar-refractivity contribution in [3.63, 3.8) is 0 Å².